The highest BCUT2D eigenvalue weighted by Crippen LogP contribution is 2.34. The molecule has 13 heavy (non-hydrogen) atoms. The first-order valence-corrected chi connectivity index (χ1v) is 5.22. The smallest absolute Gasteiger partial charge is 0.123 e. The fourth-order valence-corrected chi connectivity index (χ4v) is 2.28. The Hall–Kier alpha value is -0.370. The van der Waals surface area contributed by atoms with Crippen LogP contribution in [-0.2, 0) is 9.53 Å². The lowest BCUT2D eigenvalue weighted by atomic mass is 9.76. The molecule has 0 radical (unpaired) electrons. The van der Waals surface area contributed by atoms with Crippen LogP contribution in [0.1, 0.15) is 34.1 Å². The van der Waals surface area contributed by atoms with Crippen molar-refractivity contribution >= 4 is 6.29 Å². The van der Waals surface area contributed by atoms with Gasteiger partial charge in [-0.05, 0) is 25.2 Å². The van der Waals surface area contributed by atoms with Gasteiger partial charge in [-0.2, -0.15) is 0 Å². The van der Waals surface area contributed by atoms with E-state index in [0.29, 0.717) is 11.8 Å². The Balaban J connectivity index is 2.74. The molecule has 0 saturated carbocycles. The molecule has 1 aliphatic rings. The van der Waals surface area contributed by atoms with Crippen LogP contribution in [0.3, 0.4) is 0 Å². The lowest BCUT2D eigenvalue weighted by Crippen LogP contribution is -2.44. The molecule has 2 heteroatoms. The minimum absolute atomic E-state index is 0.175. The first kappa shape index (κ1) is 10.7. The van der Waals surface area contributed by atoms with Gasteiger partial charge in [0.1, 0.15) is 6.29 Å². The first-order valence-electron chi connectivity index (χ1n) is 5.22. The number of ether oxygens (including phenoxy) is 1. The van der Waals surface area contributed by atoms with Crippen molar-refractivity contribution in [2.24, 2.45) is 17.8 Å². The van der Waals surface area contributed by atoms with Crippen LogP contribution in [0.4, 0.5) is 0 Å². The molecule has 0 spiro atoms. The third kappa shape index (κ3) is 1.93. The standard InChI is InChI=1S/C11H20O2/c1-5-11-8(3)10(6-12)7(2)9(4)13-11/h6-11H,5H2,1-4H3. The summed E-state index contributed by atoms with van der Waals surface area (Å²) in [6, 6.07) is 0. The van der Waals surface area contributed by atoms with E-state index >= 15 is 0 Å². The van der Waals surface area contributed by atoms with Gasteiger partial charge in [-0.15, -0.1) is 0 Å². The lowest BCUT2D eigenvalue weighted by Gasteiger charge is -2.41. The molecule has 1 heterocycles. The van der Waals surface area contributed by atoms with E-state index < -0.39 is 0 Å². The van der Waals surface area contributed by atoms with E-state index in [1.54, 1.807) is 0 Å². The van der Waals surface area contributed by atoms with Crippen LogP contribution in [0.15, 0.2) is 0 Å². The fourth-order valence-electron chi connectivity index (χ4n) is 2.28. The molecular weight excluding hydrogens is 164 g/mol. The van der Waals surface area contributed by atoms with Gasteiger partial charge in [-0.25, -0.2) is 0 Å². The van der Waals surface area contributed by atoms with Gasteiger partial charge in [-0.1, -0.05) is 20.8 Å². The van der Waals surface area contributed by atoms with Crippen LogP contribution in [0.5, 0.6) is 0 Å². The summed E-state index contributed by atoms with van der Waals surface area (Å²) in [5.74, 6) is 0.901. The summed E-state index contributed by atoms with van der Waals surface area (Å²) in [5, 5.41) is 0. The molecule has 0 bridgehead atoms. The van der Waals surface area contributed by atoms with E-state index in [2.05, 4.69) is 27.7 Å². The second-order valence-corrected chi connectivity index (χ2v) is 4.22. The third-order valence-electron chi connectivity index (χ3n) is 3.49. The van der Waals surface area contributed by atoms with Crippen LogP contribution >= 0.6 is 0 Å². The quantitative estimate of drug-likeness (QED) is 0.615. The van der Waals surface area contributed by atoms with Gasteiger partial charge >= 0.3 is 0 Å². The maximum atomic E-state index is 10.9. The fraction of sp³-hybridized carbons (Fsp3) is 0.909. The zero-order chi connectivity index (χ0) is 10.0. The average molecular weight is 184 g/mol. The van der Waals surface area contributed by atoms with Crippen molar-refractivity contribution in [3.8, 4) is 0 Å². The monoisotopic (exact) mass is 184 g/mol. The largest absolute Gasteiger partial charge is 0.375 e. The minimum atomic E-state index is 0.175. The molecule has 76 valence electrons. The molecule has 2 nitrogen and oxygen atoms in total. The second kappa shape index (κ2) is 4.23. The SMILES string of the molecule is CCC1OC(C)C(C)C(C=O)C1C. The summed E-state index contributed by atoms with van der Waals surface area (Å²) in [6.07, 6.45) is 2.59. The molecule has 0 amide bonds. The Morgan fingerprint density at radius 3 is 2.31 bits per heavy atom. The average Bonchev–Trinajstić information content (AvgIpc) is 2.12. The van der Waals surface area contributed by atoms with Crippen molar-refractivity contribution in [3.63, 3.8) is 0 Å². The third-order valence-corrected chi connectivity index (χ3v) is 3.49. The molecule has 0 aliphatic carbocycles. The van der Waals surface area contributed by atoms with Gasteiger partial charge < -0.3 is 9.53 Å². The van der Waals surface area contributed by atoms with Gasteiger partial charge in [0.25, 0.3) is 0 Å². The van der Waals surface area contributed by atoms with Crippen molar-refractivity contribution in [3.05, 3.63) is 0 Å². The zero-order valence-electron chi connectivity index (χ0n) is 8.99. The van der Waals surface area contributed by atoms with E-state index in [-0.39, 0.29) is 18.1 Å². The molecule has 0 aromatic carbocycles. The molecule has 1 aliphatic heterocycles. The van der Waals surface area contributed by atoms with E-state index in [1.165, 1.54) is 0 Å². The number of rotatable bonds is 2. The summed E-state index contributed by atoms with van der Waals surface area (Å²) in [4.78, 5) is 10.9. The topological polar surface area (TPSA) is 26.3 Å². The van der Waals surface area contributed by atoms with Gasteiger partial charge in [-0.3, -0.25) is 0 Å². The molecule has 5 atom stereocenters. The Labute approximate surface area is 80.7 Å². The van der Waals surface area contributed by atoms with Crippen LogP contribution in [0, 0.1) is 17.8 Å². The van der Waals surface area contributed by atoms with Gasteiger partial charge in [0, 0.05) is 5.92 Å². The number of hydrogen-bond donors (Lipinski definition) is 0. The number of aldehydes is 1. The Morgan fingerprint density at radius 1 is 1.23 bits per heavy atom. The summed E-state index contributed by atoms with van der Waals surface area (Å²) >= 11 is 0. The van der Waals surface area contributed by atoms with Crippen LogP contribution in [-0.4, -0.2) is 18.5 Å². The lowest BCUT2D eigenvalue weighted by molar-refractivity contribution is -0.144. The summed E-state index contributed by atoms with van der Waals surface area (Å²) in [5.41, 5.74) is 0. The summed E-state index contributed by atoms with van der Waals surface area (Å²) in [7, 11) is 0. The van der Waals surface area contributed by atoms with Crippen molar-refractivity contribution in [1.82, 2.24) is 0 Å². The van der Waals surface area contributed by atoms with Gasteiger partial charge in [0.2, 0.25) is 0 Å². The minimum Gasteiger partial charge on any atom is -0.375 e. The normalized spacial score (nSPS) is 46.0. The predicted octanol–water partition coefficient (Wildman–Crippen LogP) is 2.27. The molecule has 0 N–H and O–H groups in total. The molecular formula is C11H20O2. The van der Waals surface area contributed by atoms with E-state index in [4.69, 9.17) is 4.74 Å². The maximum Gasteiger partial charge on any atom is 0.123 e. The Bertz CT molecular complexity index is 179. The summed E-state index contributed by atoms with van der Waals surface area (Å²) < 4.78 is 5.83. The summed E-state index contributed by atoms with van der Waals surface area (Å²) in [6.45, 7) is 8.41. The van der Waals surface area contributed by atoms with Crippen LogP contribution in [0.2, 0.25) is 0 Å². The Kier molecular flexibility index (Phi) is 3.48. The van der Waals surface area contributed by atoms with Crippen molar-refractivity contribution in [1.29, 1.82) is 0 Å². The molecule has 5 unspecified atom stereocenters. The highest BCUT2D eigenvalue weighted by Gasteiger charge is 2.38. The highest BCUT2D eigenvalue weighted by molar-refractivity contribution is 5.55. The number of hydrogen-bond acceptors (Lipinski definition) is 2. The van der Waals surface area contributed by atoms with Crippen molar-refractivity contribution in [2.45, 2.75) is 46.3 Å². The molecule has 0 aromatic rings. The first-order chi connectivity index (χ1) is 6.11. The number of carbonyl (C=O) groups excluding carboxylic acids is 1. The van der Waals surface area contributed by atoms with E-state index in [0.717, 1.165) is 12.7 Å². The zero-order valence-corrected chi connectivity index (χ0v) is 8.99. The highest BCUT2D eigenvalue weighted by atomic mass is 16.5. The van der Waals surface area contributed by atoms with Crippen LogP contribution < -0.4 is 0 Å². The molecule has 1 rings (SSSR count). The van der Waals surface area contributed by atoms with E-state index in [1.807, 2.05) is 0 Å². The maximum absolute atomic E-state index is 10.9. The van der Waals surface area contributed by atoms with E-state index in [9.17, 15) is 4.79 Å². The predicted molar refractivity (Wildman–Crippen MR) is 52.5 cm³/mol. The second-order valence-electron chi connectivity index (χ2n) is 4.22. The van der Waals surface area contributed by atoms with Crippen molar-refractivity contribution in [2.75, 3.05) is 0 Å². The van der Waals surface area contributed by atoms with Gasteiger partial charge in [0.05, 0.1) is 12.2 Å². The van der Waals surface area contributed by atoms with Crippen LogP contribution in [0.25, 0.3) is 0 Å². The molecule has 1 fully saturated rings. The Morgan fingerprint density at radius 2 is 1.85 bits per heavy atom. The molecule has 0 aromatic heterocycles. The molecule has 1 saturated heterocycles. The van der Waals surface area contributed by atoms with Crippen molar-refractivity contribution < 1.29 is 9.53 Å². The van der Waals surface area contributed by atoms with Gasteiger partial charge in [0.15, 0.2) is 0 Å². The number of carbonyl (C=O) groups is 1.